The van der Waals surface area contributed by atoms with E-state index < -0.39 is 0 Å². The van der Waals surface area contributed by atoms with E-state index in [1.165, 1.54) is 7.11 Å². The molecule has 2 aromatic rings. The standard InChI is InChI=1S/C14H15BrClNO2/c1-19-14(18)7-10-9-17(6-2-5-16)13-4-3-11(15)8-12(10)13/h3-4,8-9H,2,5-7H2,1H3. The molecule has 5 heteroatoms. The van der Waals surface area contributed by atoms with Crippen LogP contribution in [0.5, 0.6) is 0 Å². The Bertz CT molecular complexity index is 594. The maximum Gasteiger partial charge on any atom is 0.310 e. The summed E-state index contributed by atoms with van der Waals surface area (Å²) < 4.78 is 7.89. The second kappa shape index (κ2) is 6.44. The summed E-state index contributed by atoms with van der Waals surface area (Å²) in [5, 5.41) is 1.08. The first-order chi connectivity index (χ1) is 9.15. The maximum atomic E-state index is 11.5. The number of esters is 1. The van der Waals surface area contributed by atoms with E-state index >= 15 is 0 Å². The molecule has 3 nitrogen and oxygen atoms in total. The van der Waals surface area contributed by atoms with Gasteiger partial charge >= 0.3 is 5.97 Å². The van der Waals surface area contributed by atoms with Crippen molar-refractivity contribution in [1.29, 1.82) is 0 Å². The number of methoxy groups -OCH3 is 1. The van der Waals surface area contributed by atoms with Gasteiger partial charge < -0.3 is 9.30 Å². The molecule has 0 fully saturated rings. The normalized spacial score (nSPS) is 10.9. The quantitative estimate of drug-likeness (QED) is 0.611. The van der Waals surface area contributed by atoms with Gasteiger partial charge in [0.1, 0.15) is 0 Å². The average molecular weight is 345 g/mol. The van der Waals surface area contributed by atoms with Crippen LogP contribution in [-0.2, 0) is 22.5 Å². The summed E-state index contributed by atoms with van der Waals surface area (Å²) in [6.07, 6.45) is 3.21. The third-order valence-corrected chi connectivity index (χ3v) is 3.78. The Morgan fingerprint density at radius 2 is 2.26 bits per heavy atom. The first kappa shape index (κ1) is 14.4. The summed E-state index contributed by atoms with van der Waals surface area (Å²) in [6, 6.07) is 6.08. The van der Waals surface area contributed by atoms with Gasteiger partial charge in [-0.1, -0.05) is 15.9 Å². The molecule has 0 radical (unpaired) electrons. The highest BCUT2D eigenvalue weighted by Crippen LogP contribution is 2.26. The first-order valence-electron chi connectivity index (χ1n) is 6.05. The number of aryl methyl sites for hydroxylation is 1. The molecule has 1 aromatic carbocycles. The topological polar surface area (TPSA) is 31.2 Å². The van der Waals surface area contributed by atoms with Crippen LogP contribution in [-0.4, -0.2) is 23.5 Å². The van der Waals surface area contributed by atoms with Gasteiger partial charge in [-0.15, -0.1) is 11.6 Å². The Morgan fingerprint density at radius 3 is 2.95 bits per heavy atom. The van der Waals surface area contributed by atoms with Crippen LogP contribution in [0.2, 0.25) is 0 Å². The highest BCUT2D eigenvalue weighted by atomic mass is 79.9. The van der Waals surface area contributed by atoms with Crippen molar-refractivity contribution in [2.45, 2.75) is 19.4 Å². The summed E-state index contributed by atoms with van der Waals surface area (Å²) in [6.45, 7) is 0.850. The molecular formula is C14H15BrClNO2. The molecule has 0 aliphatic rings. The highest BCUT2D eigenvalue weighted by molar-refractivity contribution is 9.10. The van der Waals surface area contributed by atoms with E-state index in [1.54, 1.807) is 0 Å². The minimum absolute atomic E-state index is 0.226. The monoisotopic (exact) mass is 343 g/mol. The van der Waals surface area contributed by atoms with E-state index in [0.29, 0.717) is 5.88 Å². The maximum absolute atomic E-state index is 11.5. The number of fused-ring (bicyclic) bond motifs is 1. The molecule has 102 valence electrons. The van der Waals surface area contributed by atoms with Gasteiger partial charge in [-0.25, -0.2) is 0 Å². The van der Waals surface area contributed by atoms with Crippen LogP contribution >= 0.6 is 27.5 Å². The molecule has 0 saturated heterocycles. The van der Waals surface area contributed by atoms with Crippen molar-refractivity contribution in [3.05, 3.63) is 34.4 Å². The summed E-state index contributed by atoms with van der Waals surface area (Å²) in [5.41, 5.74) is 2.10. The highest BCUT2D eigenvalue weighted by Gasteiger charge is 2.12. The lowest BCUT2D eigenvalue weighted by molar-refractivity contribution is -0.139. The van der Waals surface area contributed by atoms with Gasteiger partial charge in [-0.2, -0.15) is 0 Å². The van der Waals surface area contributed by atoms with E-state index in [4.69, 9.17) is 16.3 Å². The molecule has 1 aromatic heterocycles. The molecule has 0 N–H and O–H groups in total. The number of carbonyl (C=O) groups excluding carboxylic acids is 1. The Hall–Kier alpha value is -1.000. The number of carbonyl (C=O) groups is 1. The Morgan fingerprint density at radius 1 is 1.47 bits per heavy atom. The van der Waals surface area contributed by atoms with Gasteiger partial charge in [0.05, 0.1) is 13.5 Å². The van der Waals surface area contributed by atoms with E-state index in [9.17, 15) is 4.79 Å². The molecule has 0 spiro atoms. The molecule has 0 atom stereocenters. The molecule has 0 unspecified atom stereocenters. The van der Waals surface area contributed by atoms with Crippen molar-refractivity contribution < 1.29 is 9.53 Å². The zero-order valence-corrected chi connectivity index (χ0v) is 13.0. The molecule has 0 saturated carbocycles. The van der Waals surface area contributed by atoms with Crippen molar-refractivity contribution >= 4 is 44.4 Å². The summed E-state index contributed by atoms with van der Waals surface area (Å²) in [4.78, 5) is 11.5. The van der Waals surface area contributed by atoms with Crippen LogP contribution in [0.1, 0.15) is 12.0 Å². The largest absolute Gasteiger partial charge is 0.469 e. The van der Waals surface area contributed by atoms with Crippen molar-refractivity contribution in [3.63, 3.8) is 0 Å². The summed E-state index contributed by atoms with van der Waals surface area (Å²) in [7, 11) is 1.41. The molecule has 0 bridgehead atoms. The lowest BCUT2D eigenvalue weighted by Gasteiger charge is -2.03. The molecule has 0 amide bonds. The predicted octanol–water partition coefficient (Wildman–Crippen LogP) is 3.75. The number of ether oxygens (including phenoxy) is 1. The third kappa shape index (κ3) is 3.31. The lowest BCUT2D eigenvalue weighted by atomic mass is 10.1. The SMILES string of the molecule is COC(=O)Cc1cn(CCCCl)c2ccc(Br)cc12. The molecular weight excluding hydrogens is 330 g/mol. The second-order valence-corrected chi connectivity index (χ2v) is 5.60. The summed E-state index contributed by atoms with van der Waals surface area (Å²) in [5.74, 6) is 0.402. The number of halogens is 2. The van der Waals surface area contributed by atoms with Gasteiger partial charge in [0.2, 0.25) is 0 Å². The average Bonchev–Trinajstić information content (AvgIpc) is 2.73. The molecule has 1 heterocycles. The summed E-state index contributed by atoms with van der Waals surface area (Å²) >= 11 is 9.21. The van der Waals surface area contributed by atoms with E-state index in [-0.39, 0.29) is 12.4 Å². The number of nitrogens with zero attached hydrogens (tertiary/aromatic N) is 1. The van der Waals surface area contributed by atoms with Gasteiger partial charge in [0, 0.05) is 34.0 Å². The van der Waals surface area contributed by atoms with Gasteiger partial charge in [-0.05, 0) is 30.2 Å². The zero-order chi connectivity index (χ0) is 13.8. The Kier molecular flexibility index (Phi) is 4.88. The number of hydrogen-bond donors (Lipinski definition) is 0. The minimum Gasteiger partial charge on any atom is -0.469 e. The fourth-order valence-corrected chi connectivity index (χ4v) is 2.61. The van der Waals surface area contributed by atoms with E-state index in [1.807, 2.05) is 18.3 Å². The first-order valence-corrected chi connectivity index (χ1v) is 7.38. The van der Waals surface area contributed by atoms with Crippen LogP contribution < -0.4 is 0 Å². The van der Waals surface area contributed by atoms with Gasteiger partial charge in [0.25, 0.3) is 0 Å². The second-order valence-electron chi connectivity index (χ2n) is 4.30. The molecule has 0 aliphatic heterocycles. The van der Waals surface area contributed by atoms with Crippen LogP contribution in [0, 0.1) is 0 Å². The fraction of sp³-hybridized carbons (Fsp3) is 0.357. The smallest absolute Gasteiger partial charge is 0.310 e. The van der Waals surface area contributed by atoms with Crippen LogP contribution in [0.15, 0.2) is 28.9 Å². The molecule has 0 aliphatic carbocycles. The van der Waals surface area contributed by atoms with Crippen LogP contribution in [0.25, 0.3) is 10.9 Å². The third-order valence-electron chi connectivity index (χ3n) is 3.02. The van der Waals surface area contributed by atoms with Crippen molar-refractivity contribution in [2.24, 2.45) is 0 Å². The van der Waals surface area contributed by atoms with E-state index in [2.05, 4.69) is 26.6 Å². The van der Waals surface area contributed by atoms with Crippen molar-refractivity contribution in [1.82, 2.24) is 4.57 Å². The van der Waals surface area contributed by atoms with Gasteiger partial charge in [0.15, 0.2) is 0 Å². The molecule has 19 heavy (non-hydrogen) atoms. The Balaban J connectivity index is 2.43. The molecule has 2 rings (SSSR count). The zero-order valence-electron chi connectivity index (χ0n) is 10.7. The van der Waals surface area contributed by atoms with Crippen LogP contribution in [0.4, 0.5) is 0 Å². The fourth-order valence-electron chi connectivity index (χ4n) is 2.13. The minimum atomic E-state index is -0.226. The number of alkyl halides is 1. The number of rotatable bonds is 5. The van der Waals surface area contributed by atoms with E-state index in [0.717, 1.165) is 33.9 Å². The van der Waals surface area contributed by atoms with Crippen LogP contribution in [0.3, 0.4) is 0 Å². The number of aromatic nitrogens is 1. The Labute approximate surface area is 125 Å². The van der Waals surface area contributed by atoms with Crippen molar-refractivity contribution in [2.75, 3.05) is 13.0 Å². The van der Waals surface area contributed by atoms with Gasteiger partial charge in [-0.3, -0.25) is 4.79 Å². The predicted molar refractivity (Wildman–Crippen MR) is 80.7 cm³/mol. The van der Waals surface area contributed by atoms with Crippen molar-refractivity contribution in [3.8, 4) is 0 Å². The number of hydrogen-bond acceptors (Lipinski definition) is 2. The number of benzene rings is 1. The lowest BCUT2D eigenvalue weighted by Crippen LogP contribution is -2.04.